The first-order chi connectivity index (χ1) is 11.4. The molecule has 0 unspecified atom stereocenters. The van der Waals surface area contributed by atoms with E-state index >= 15 is 0 Å². The SMILES string of the molecule is O=C(Nc1ccc(N2CCCS2(=O)=O)cc1)c1cc(Br)ccc1Cl. The second kappa shape index (κ2) is 6.74. The number of nitrogens with zero attached hydrogens (tertiary/aromatic N) is 1. The number of nitrogens with one attached hydrogen (secondary N) is 1. The van der Waals surface area contributed by atoms with E-state index in [1.54, 1.807) is 42.5 Å². The van der Waals surface area contributed by atoms with E-state index in [0.29, 0.717) is 34.9 Å². The molecule has 126 valence electrons. The molecule has 0 bridgehead atoms. The lowest BCUT2D eigenvalue weighted by atomic mass is 10.2. The fourth-order valence-electron chi connectivity index (χ4n) is 2.51. The van der Waals surface area contributed by atoms with Gasteiger partial charge in [-0.25, -0.2) is 8.42 Å². The fraction of sp³-hybridized carbons (Fsp3) is 0.188. The molecule has 2 aromatic rings. The third-order valence-corrected chi connectivity index (χ3v) is 6.38. The highest BCUT2D eigenvalue weighted by molar-refractivity contribution is 9.10. The first-order valence-electron chi connectivity index (χ1n) is 7.24. The van der Waals surface area contributed by atoms with Crippen molar-refractivity contribution >= 4 is 54.8 Å². The minimum Gasteiger partial charge on any atom is -0.322 e. The Hall–Kier alpha value is -1.57. The molecule has 0 spiro atoms. The van der Waals surface area contributed by atoms with Crippen LogP contribution in [0.25, 0.3) is 0 Å². The number of anilines is 2. The van der Waals surface area contributed by atoms with Crippen molar-refractivity contribution in [2.24, 2.45) is 0 Å². The van der Waals surface area contributed by atoms with E-state index in [0.717, 1.165) is 4.47 Å². The number of rotatable bonds is 3. The van der Waals surface area contributed by atoms with Crippen molar-refractivity contribution in [2.45, 2.75) is 6.42 Å². The van der Waals surface area contributed by atoms with Crippen LogP contribution in [0, 0.1) is 0 Å². The summed E-state index contributed by atoms with van der Waals surface area (Å²) in [7, 11) is -3.21. The maximum atomic E-state index is 12.3. The van der Waals surface area contributed by atoms with Gasteiger partial charge in [-0.1, -0.05) is 27.5 Å². The lowest BCUT2D eigenvalue weighted by Crippen LogP contribution is -2.25. The number of hydrogen-bond acceptors (Lipinski definition) is 3. The topological polar surface area (TPSA) is 66.5 Å². The highest BCUT2D eigenvalue weighted by Crippen LogP contribution is 2.26. The molecule has 0 radical (unpaired) electrons. The molecule has 1 fully saturated rings. The molecule has 24 heavy (non-hydrogen) atoms. The maximum Gasteiger partial charge on any atom is 0.257 e. The molecule has 1 amide bonds. The van der Waals surface area contributed by atoms with Crippen LogP contribution in [0.3, 0.4) is 0 Å². The molecule has 2 aromatic carbocycles. The van der Waals surface area contributed by atoms with Crippen LogP contribution in [-0.4, -0.2) is 26.6 Å². The molecule has 1 aliphatic rings. The van der Waals surface area contributed by atoms with Gasteiger partial charge in [0.15, 0.2) is 0 Å². The van der Waals surface area contributed by atoms with E-state index < -0.39 is 10.0 Å². The fourth-order valence-corrected chi connectivity index (χ4v) is 4.64. The summed E-state index contributed by atoms with van der Waals surface area (Å²) in [5, 5.41) is 3.11. The predicted octanol–water partition coefficient (Wildman–Crippen LogP) is 3.89. The summed E-state index contributed by atoms with van der Waals surface area (Å²) in [6.45, 7) is 0.488. The van der Waals surface area contributed by atoms with Crippen molar-refractivity contribution in [1.82, 2.24) is 0 Å². The van der Waals surface area contributed by atoms with Crippen molar-refractivity contribution in [1.29, 1.82) is 0 Å². The van der Waals surface area contributed by atoms with Gasteiger partial charge in [0.2, 0.25) is 10.0 Å². The zero-order valence-electron chi connectivity index (χ0n) is 12.5. The molecule has 0 atom stereocenters. The van der Waals surface area contributed by atoms with Gasteiger partial charge in [-0.15, -0.1) is 0 Å². The van der Waals surface area contributed by atoms with Gasteiger partial charge in [0.25, 0.3) is 5.91 Å². The molecule has 0 aliphatic carbocycles. The molecule has 5 nitrogen and oxygen atoms in total. The zero-order valence-corrected chi connectivity index (χ0v) is 15.7. The smallest absolute Gasteiger partial charge is 0.257 e. The molecule has 8 heteroatoms. The quantitative estimate of drug-likeness (QED) is 0.805. The van der Waals surface area contributed by atoms with Crippen molar-refractivity contribution in [3.8, 4) is 0 Å². The number of halogens is 2. The molecule has 1 heterocycles. The van der Waals surface area contributed by atoms with Crippen LogP contribution in [0.5, 0.6) is 0 Å². The summed E-state index contributed by atoms with van der Waals surface area (Å²) in [6.07, 6.45) is 0.627. The van der Waals surface area contributed by atoms with Gasteiger partial charge in [-0.2, -0.15) is 0 Å². The lowest BCUT2D eigenvalue weighted by Gasteiger charge is -2.17. The van der Waals surface area contributed by atoms with E-state index in [4.69, 9.17) is 11.6 Å². The largest absolute Gasteiger partial charge is 0.322 e. The number of benzene rings is 2. The number of carbonyl (C=O) groups is 1. The molecule has 3 rings (SSSR count). The normalized spacial score (nSPS) is 16.2. The number of hydrogen-bond donors (Lipinski definition) is 1. The predicted molar refractivity (Wildman–Crippen MR) is 99.3 cm³/mol. The standard InChI is InChI=1S/C16H14BrClN2O3S/c17-11-2-7-15(18)14(10-11)16(21)19-12-3-5-13(6-4-12)20-8-1-9-24(20,22)23/h2-7,10H,1,8-9H2,(H,19,21). The average molecular weight is 430 g/mol. The molecule has 1 saturated heterocycles. The summed E-state index contributed by atoms with van der Waals surface area (Å²) >= 11 is 9.35. The molecule has 0 aromatic heterocycles. The first kappa shape index (κ1) is 17.3. The number of carbonyl (C=O) groups excluding carboxylic acids is 1. The maximum absolute atomic E-state index is 12.3. The van der Waals surface area contributed by atoms with E-state index in [-0.39, 0.29) is 11.7 Å². The lowest BCUT2D eigenvalue weighted by molar-refractivity contribution is 0.102. The van der Waals surface area contributed by atoms with Crippen LogP contribution < -0.4 is 9.62 Å². The van der Waals surface area contributed by atoms with Crippen molar-refractivity contribution in [3.63, 3.8) is 0 Å². The van der Waals surface area contributed by atoms with Gasteiger partial charge in [0, 0.05) is 16.7 Å². The van der Waals surface area contributed by atoms with Crippen molar-refractivity contribution < 1.29 is 13.2 Å². The molecule has 1 N–H and O–H groups in total. The van der Waals surface area contributed by atoms with Crippen LogP contribution in [0.2, 0.25) is 5.02 Å². The third kappa shape index (κ3) is 3.58. The molecular formula is C16H14BrClN2O3S. The second-order valence-corrected chi connectivity index (χ2v) is 8.70. The Balaban J connectivity index is 1.77. The Morgan fingerprint density at radius 2 is 1.88 bits per heavy atom. The van der Waals surface area contributed by atoms with Gasteiger partial charge in [-0.3, -0.25) is 9.10 Å². The summed E-state index contributed by atoms with van der Waals surface area (Å²) in [4.78, 5) is 12.3. The number of sulfonamides is 1. The van der Waals surface area contributed by atoms with E-state index in [1.165, 1.54) is 4.31 Å². The summed E-state index contributed by atoms with van der Waals surface area (Å²) in [5.74, 6) is -0.157. The van der Waals surface area contributed by atoms with Crippen LogP contribution in [0.15, 0.2) is 46.9 Å². The van der Waals surface area contributed by atoms with Crippen LogP contribution >= 0.6 is 27.5 Å². The third-order valence-electron chi connectivity index (χ3n) is 3.69. The van der Waals surface area contributed by atoms with Gasteiger partial charge < -0.3 is 5.32 Å². The Bertz CT molecular complexity index is 885. The molecule has 1 aliphatic heterocycles. The van der Waals surface area contributed by atoms with E-state index in [9.17, 15) is 13.2 Å². The minimum atomic E-state index is -3.21. The first-order valence-corrected chi connectivity index (χ1v) is 10.0. The van der Waals surface area contributed by atoms with Gasteiger partial charge in [0.05, 0.1) is 22.0 Å². The van der Waals surface area contributed by atoms with E-state index in [1.807, 2.05) is 0 Å². The Labute approximate surface area is 153 Å². The summed E-state index contributed by atoms with van der Waals surface area (Å²) in [6, 6.07) is 11.7. The second-order valence-electron chi connectivity index (χ2n) is 5.37. The number of amides is 1. The van der Waals surface area contributed by atoms with Crippen LogP contribution in [0.4, 0.5) is 11.4 Å². The Kier molecular flexibility index (Phi) is 4.85. The van der Waals surface area contributed by atoms with Gasteiger partial charge in [-0.05, 0) is 48.9 Å². The van der Waals surface area contributed by atoms with E-state index in [2.05, 4.69) is 21.2 Å². The van der Waals surface area contributed by atoms with Crippen molar-refractivity contribution in [3.05, 3.63) is 57.5 Å². The summed E-state index contributed by atoms with van der Waals surface area (Å²) < 4.78 is 26.0. The summed E-state index contributed by atoms with van der Waals surface area (Å²) in [5.41, 5.74) is 1.53. The molecular weight excluding hydrogens is 416 g/mol. The minimum absolute atomic E-state index is 0.173. The van der Waals surface area contributed by atoms with Gasteiger partial charge >= 0.3 is 0 Å². The zero-order chi connectivity index (χ0) is 17.3. The van der Waals surface area contributed by atoms with Gasteiger partial charge in [0.1, 0.15) is 0 Å². The molecule has 0 saturated carbocycles. The monoisotopic (exact) mass is 428 g/mol. The van der Waals surface area contributed by atoms with Crippen molar-refractivity contribution in [2.75, 3.05) is 21.9 Å². The highest BCUT2D eigenvalue weighted by atomic mass is 79.9. The highest BCUT2D eigenvalue weighted by Gasteiger charge is 2.28. The average Bonchev–Trinajstić information content (AvgIpc) is 2.90. The Morgan fingerprint density at radius 1 is 1.17 bits per heavy atom. The Morgan fingerprint density at radius 3 is 2.50 bits per heavy atom. The van der Waals surface area contributed by atoms with Crippen LogP contribution in [-0.2, 0) is 10.0 Å². The van der Waals surface area contributed by atoms with Crippen LogP contribution in [0.1, 0.15) is 16.8 Å².